The lowest BCUT2D eigenvalue weighted by Crippen LogP contribution is -2.35. The topological polar surface area (TPSA) is 61.7 Å². The molecule has 0 fully saturated rings. The van der Waals surface area contributed by atoms with Crippen molar-refractivity contribution in [2.75, 3.05) is 11.1 Å². The van der Waals surface area contributed by atoms with Crippen LogP contribution in [0.25, 0.3) is 5.69 Å². The van der Waals surface area contributed by atoms with Crippen LogP contribution in [0.3, 0.4) is 0 Å². The number of nitrogens with zero attached hydrogens (tertiary/aromatic N) is 2. The van der Waals surface area contributed by atoms with Crippen LogP contribution in [0.2, 0.25) is 0 Å². The smallest absolute Gasteiger partial charge is 0.325 e. The number of aryl methyl sites for hydroxylation is 1. The summed E-state index contributed by atoms with van der Waals surface area (Å²) in [6, 6.07) is 15.6. The number of nitrogens with one attached hydrogen (secondary N) is 2. The van der Waals surface area contributed by atoms with Crippen molar-refractivity contribution in [2.45, 2.75) is 12.1 Å². The third-order valence-electron chi connectivity index (χ3n) is 3.34. The molecule has 3 aromatic rings. The quantitative estimate of drug-likeness (QED) is 0.506. The lowest BCUT2D eigenvalue weighted by atomic mass is 10.2. The van der Waals surface area contributed by atoms with E-state index in [2.05, 4.69) is 31.3 Å². The molecule has 3 rings (SSSR count). The Hall–Kier alpha value is -2.12. The molecular formula is C17H16BrN4OS+. The number of rotatable bonds is 5. The molecule has 0 aliphatic heterocycles. The van der Waals surface area contributed by atoms with Crippen LogP contribution in [-0.4, -0.2) is 21.7 Å². The monoisotopic (exact) mass is 403 g/mol. The molecule has 2 N–H and O–H groups in total. The Morgan fingerprint density at radius 3 is 2.83 bits per heavy atom. The van der Waals surface area contributed by atoms with Crippen LogP contribution >= 0.6 is 27.7 Å². The van der Waals surface area contributed by atoms with E-state index in [1.165, 1.54) is 11.8 Å². The molecule has 0 spiro atoms. The lowest BCUT2D eigenvalue weighted by Gasteiger charge is -2.06. The van der Waals surface area contributed by atoms with Crippen molar-refractivity contribution >= 4 is 39.3 Å². The van der Waals surface area contributed by atoms with Crippen LogP contribution in [0.1, 0.15) is 5.56 Å². The van der Waals surface area contributed by atoms with Gasteiger partial charge in [0.1, 0.15) is 0 Å². The van der Waals surface area contributed by atoms with E-state index in [4.69, 9.17) is 0 Å². The third-order valence-corrected chi connectivity index (χ3v) is 5.18. The number of benzene rings is 2. The fourth-order valence-corrected chi connectivity index (χ4v) is 3.16. The van der Waals surface area contributed by atoms with Crippen molar-refractivity contribution in [2.24, 2.45) is 0 Å². The summed E-state index contributed by atoms with van der Waals surface area (Å²) in [7, 11) is 0. The first-order chi connectivity index (χ1) is 11.6. The maximum atomic E-state index is 12.2. The molecular weight excluding hydrogens is 388 g/mol. The van der Waals surface area contributed by atoms with Gasteiger partial charge in [-0.05, 0) is 59.6 Å². The maximum absolute atomic E-state index is 12.2. The standard InChI is InChI=1S/C17H15BrN4OS/c1-12-9-13(7-8-15(12)18)21-16(23)10-24-17-19-11-20-22(17)14-5-3-2-4-6-14/h2-9,11H,10H2,1H3,(H,21,23)/p+1. The predicted octanol–water partition coefficient (Wildman–Crippen LogP) is 3.49. The first kappa shape index (κ1) is 16.7. The number of para-hydroxylation sites is 1. The normalized spacial score (nSPS) is 10.6. The summed E-state index contributed by atoms with van der Waals surface area (Å²) >= 11 is 4.83. The minimum atomic E-state index is -0.0654. The van der Waals surface area contributed by atoms with E-state index in [-0.39, 0.29) is 11.7 Å². The number of carbonyl (C=O) groups excluding carboxylic acids is 1. The first-order valence-electron chi connectivity index (χ1n) is 7.33. The fourth-order valence-electron chi connectivity index (χ4n) is 2.17. The summed E-state index contributed by atoms with van der Waals surface area (Å²) < 4.78 is 2.87. The zero-order chi connectivity index (χ0) is 16.9. The van der Waals surface area contributed by atoms with Gasteiger partial charge in [0.05, 0.1) is 5.75 Å². The second-order valence-electron chi connectivity index (χ2n) is 5.14. The SMILES string of the molecule is Cc1cc(NC(=O)CSc2nc[nH][n+]2-c2ccccc2)ccc1Br. The van der Waals surface area contributed by atoms with Crippen molar-refractivity contribution in [1.82, 2.24) is 10.1 Å². The van der Waals surface area contributed by atoms with E-state index in [0.29, 0.717) is 0 Å². The van der Waals surface area contributed by atoms with Gasteiger partial charge in [0.25, 0.3) is 0 Å². The molecule has 0 saturated carbocycles. The van der Waals surface area contributed by atoms with E-state index < -0.39 is 0 Å². The molecule has 0 aliphatic rings. The van der Waals surface area contributed by atoms with E-state index >= 15 is 0 Å². The molecule has 5 nitrogen and oxygen atoms in total. The summed E-state index contributed by atoms with van der Waals surface area (Å²) in [4.78, 5) is 16.4. The number of hydrogen-bond donors (Lipinski definition) is 2. The Balaban J connectivity index is 1.63. The van der Waals surface area contributed by atoms with Gasteiger partial charge in [-0.1, -0.05) is 34.1 Å². The highest BCUT2D eigenvalue weighted by Gasteiger charge is 2.18. The van der Waals surface area contributed by atoms with Crippen molar-refractivity contribution < 1.29 is 9.48 Å². The zero-order valence-electron chi connectivity index (χ0n) is 13.0. The highest BCUT2D eigenvalue weighted by atomic mass is 79.9. The van der Waals surface area contributed by atoms with Crippen LogP contribution in [0.5, 0.6) is 0 Å². The van der Waals surface area contributed by atoms with Gasteiger partial charge in [-0.25, -0.2) is 0 Å². The Kier molecular flexibility index (Phi) is 5.32. The second kappa shape index (κ2) is 7.63. The summed E-state index contributed by atoms with van der Waals surface area (Å²) in [5.74, 6) is 0.219. The number of carbonyl (C=O) groups is 1. The summed E-state index contributed by atoms with van der Waals surface area (Å²) in [5, 5.41) is 6.70. The Morgan fingerprint density at radius 2 is 2.08 bits per heavy atom. The van der Waals surface area contributed by atoms with Crippen molar-refractivity contribution in [3.8, 4) is 5.69 Å². The number of anilines is 1. The number of amides is 1. The molecule has 1 heterocycles. The average Bonchev–Trinajstić information content (AvgIpc) is 3.06. The van der Waals surface area contributed by atoms with E-state index in [1.807, 2.05) is 60.1 Å². The molecule has 2 aromatic carbocycles. The van der Waals surface area contributed by atoms with Crippen molar-refractivity contribution in [1.29, 1.82) is 0 Å². The van der Waals surface area contributed by atoms with Gasteiger partial charge >= 0.3 is 5.16 Å². The van der Waals surface area contributed by atoms with Crippen molar-refractivity contribution in [3.05, 3.63) is 64.9 Å². The van der Waals surface area contributed by atoms with Gasteiger partial charge in [-0.2, -0.15) is 5.10 Å². The highest BCUT2D eigenvalue weighted by Crippen LogP contribution is 2.20. The molecule has 0 atom stereocenters. The molecule has 0 saturated heterocycles. The number of hydrogen-bond acceptors (Lipinski definition) is 3. The summed E-state index contributed by atoms with van der Waals surface area (Å²) in [5.41, 5.74) is 2.84. The van der Waals surface area contributed by atoms with E-state index in [9.17, 15) is 4.79 Å². The van der Waals surface area contributed by atoms with Crippen LogP contribution in [0, 0.1) is 6.92 Å². The molecule has 0 bridgehead atoms. The Morgan fingerprint density at radius 1 is 1.29 bits per heavy atom. The van der Waals surface area contributed by atoms with Gasteiger partial charge in [0.15, 0.2) is 5.69 Å². The van der Waals surface area contributed by atoms with Crippen LogP contribution < -0.4 is 10.00 Å². The number of halogens is 1. The van der Waals surface area contributed by atoms with Gasteiger partial charge in [0, 0.05) is 10.2 Å². The van der Waals surface area contributed by atoms with E-state index in [1.54, 1.807) is 6.33 Å². The second-order valence-corrected chi connectivity index (χ2v) is 6.94. The van der Waals surface area contributed by atoms with Gasteiger partial charge < -0.3 is 5.32 Å². The largest absolute Gasteiger partial charge is 0.385 e. The van der Waals surface area contributed by atoms with Crippen LogP contribution in [-0.2, 0) is 4.79 Å². The third kappa shape index (κ3) is 4.04. The summed E-state index contributed by atoms with van der Waals surface area (Å²) in [6.45, 7) is 1.99. The predicted molar refractivity (Wildman–Crippen MR) is 98.4 cm³/mol. The molecule has 1 aromatic heterocycles. The number of aromatic nitrogens is 3. The van der Waals surface area contributed by atoms with Gasteiger partial charge in [0.2, 0.25) is 12.2 Å². The highest BCUT2D eigenvalue weighted by molar-refractivity contribution is 9.10. The Bertz CT molecular complexity index is 851. The Labute approximate surface area is 152 Å². The molecule has 0 aliphatic carbocycles. The molecule has 1 amide bonds. The van der Waals surface area contributed by atoms with Crippen LogP contribution in [0.15, 0.2) is 64.5 Å². The fraction of sp³-hybridized carbons (Fsp3) is 0.118. The molecule has 7 heteroatoms. The molecule has 0 unspecified atom stereocenters. The minimum Gasteiger partial charge on any atom is -0.325 e. The van der Waals surface area contributed by atoms with Gasteiger partial charge in [-0.15, -0.1) is 4.68 Å². The molecule has 0 radical (unpaired) electrons. The minimum absolute atomic E-state index is 0.0654. The van der Waals surface area contributed by atoms with Crippen LogP contribution in [0.4, 0.5) is 5.69 Å². The maximum Gasteiger partial charge on any atom is 0.385 e. The number of aromatic amines is 1. The molecule has 24 heavy (non-hydrogen) atoms. The van der Waals surface area contributed by atoms with Crippen molar-refractivity contribution in [3.63, 3.8) is 0 Å². The van der Waals surface area contributed by atoms with Gasteiger partial charge in [-0.3, -0.25) is 4.79 Å². The number of thioether (sulfide) groups is 1. The zero-order valence-corrected chi connectivity index (χ0v) is 15.4. The number of H-pyrrole nitrogens is 1. The van der Waals surface area contributed by atoms with E-state index in [0.717, 1.165) is 26.6 Å². The first-order valence-corrected chi connectivity index (χ1v) is 9.11. The molecule has 122 valence electrons. The average molecular weight is 404 g/mol. The lowest BCUT2D eigenvalue weighted by molar-refractivity contribution is -0.694. The summed E-state index contributed by atoms with van der Waals surface area (Å²) in [6.07, 6.45) is 1.62.